The second kappa shape index (κ2) is 27.0. The Kier molecular flexibility index (Phi) is 25.5. The first kappa shape index (κ1) is 33.0. The molecule has 1 rings (SSSR count). The van der Waals surface area contributed by atoms with E-state index in [1.54, 1.807) is 0 Å². The molecular formula is C34H68O. The number of ether oxygens (including phenoxy) is 1. The molecule has 1 nitrogen and oxygen atoms in total. The van der Waals surface area contributed by atoms with Gasteiger partial charge in [-0.25, -0.2) is 0 Å². The van der Waals surface area contributed by atoms with Crippen LogP contribution in [0.1, 0.15) is 206 Å². The van der Waals surface area contributed by atoms with Gasteiger partial charge in [0.25, 0.3) is 0 Å². The third-order valence-electron chi connectivity index (χ3n) is 8.45. The van der Waals surface area contributed by atoms with Gasteiger partial charge in [0.05, 0.1) is 12.2 Å². The first-order valence-electron chi connectivity index (χ1n) is 17.0. The van der Waals surface area contributed by atoms with Crippen molar-refractivity contribution in [2.24, 2.45) is 0 Å². The number of hydrogen-bond donors (Lipinski definition) is 0. The highest BCUT2D eigenvalue weighted by atomic mass is 16.5. The molecule has 0 aromatic carbocycles. The Balaban J connectivity index is 1.75. The second-order valence-corrected chi connectivity index (χ2v) is 12.0. The van der Waals surface area contributed by atoms with Gasteiger partial charge in [-0.3, -0.25) is 0 Å². The zero-order chi connectivity index (χ0) is 25.1. The van der Waals surface area contributed by atoms with Crippen LogP contribution in [0, 0.1) is 0 Å². The number of unbranched alkanes of at least 4 members (excludes halogenated alkanes) is 24. The van der Waals surface area contributed by atoms with Gasteiger partial charge in [0, 0.05) is 0 Å². The van der Waals surface area contributed by atoms with Gasteiger partial charge >= 0.3 is 0 Å². The lowest BCUT2D eigenvalue weighted by Gasteiger charge is -2.13. The molecule has 0 amide bonds. The Morgan fingerprint density at radius 1 is 0.343 bits per heavy atom. The van der Waals surface area contributed by atoms with Gasteiger partial charge in [-0.1, -0.05) is 181 Å². The fraction of sp³-hybridized carbons (Fsp3) is 1.00. The van der Waals surface area contributed by atoms with Crippen molar-refractivity contribution in [2.45, 2.75) is 219 Å². The van der Waals surface area contributed by atoms with Crippen LogP contribution < -0.4 is 0 Å². The Labute approximate surface area is 223 Å². The number of hydrogen-bond acceptors (Lipinski definition) is 1. The quantitative estimate of drug-likeness (QED) is 0.0986. The Morgan fingerprint density at radius 3 is 0.829 bits per heavy atom. The van der Waals surface area contributed by atoms with E-state index in [-0.39, 0.29) is 0 Å². The van der Waals surface area contributed by atoms with Gasteiger partial charge < -0.3 is 4.74 Å². The predicted octanol–water partition coefficient (Wildman–Crippen LogP) is 12.5. The maximum Gasteiger partial charge on any atom is 0.0579 e. The van der Waals surface area contributed by atoms with E-state index in [0.29, 0.717) is 12.2 Å². The summed E-state index contributed by atoms with van der Waals surface area (Å²) in [4.78, 5) is 0. The summed E-state index contributed by atoms with van der Waals surface area (Å²) in [6, 6.07) is 0. The predicted molar refractivity (Wildman–Crippen MR) is 159 cm³/mol. The summed E-state index contributed by atoms with van der Waals surface area (Å²) in [7, 11) is 0. The van der Waals surface area contributed by atoms with E-state index < -0.39 is 0 Å². The lowest BCUT2D eigenvalue weighted by atomic mass is 10.0. The van der Waals surface area contributed by atoms with Gasteiger partial charge in [0.2, 0.25) is 0 Å². The second-order valence-electron chi connectivity index (χ2n) is 12.0. The average molecular weight is 493 g/mol. The highest BCUT2D eigenvalue weighted by molar-refractivity contribution is 4.73. The molecule has 0 aliphatic carbocycles. The molecule has 35 heavy (non-hydrogen) atoms. The van der Waals surface area contributed by atoms with Crippen LogP contribution in [0.3, 0.4) is 0 Å². The molecule has 2 atom stereocenters. The van der Waals surface area contributed by atoms with E-state index >= 15 is 0 Å². The van der Waals surface area contributed by atoms with Crippen LogP contribution in [-0.4, -0.2) is 12.2 Å². The molecule has 1 heteroatoms. The van der Waals surface area contributed by atoms with E-state index in [1.807, 2.05) is 0 Å². The molecule has 0 aromatic rings. The Hall–Kier alpha value is -0.0400. The van der Waals surface area contributed by atoms with Gasteiger partial charge in [-0.2, -0.15) is 0 Å². The minimum Gasteiger partial charge on any atom is -0.375 e. The summed E-state index contributed by atoms with van der Waals surface area (Å²) in [6.07, 6.45) is 44.2. The molecule has 0 N–H and O–H groups in total. The van der Waals surface area contributed by atoms with Crippen LogP contribution in [0.25, 0.3) is 0 Å². The van der Waals surface area contributed by atoms with Gasteiger partial charge in [-0.15, -0.1) is 0 Å². The lowest BCUT2D eigenvalue weighted by Crippen LogP contribution is -2.10. The zero-order valence-electron chi connectivity index (χ0n) is 24.8. The van der Waals surface area contributed by atoms with E-state index in [0.717, 1.165) is 0 Å². The average Bonchev–Trinajstić information content (AvgIpc) is 3.32. The molecule has 1 aliphatic rings. The molecule has 0 saturated carbocycles. The molecule has 0 aromatic heterocycles. The van der Waals surface area contributed by atoms with Crippen LogP contribution in [0.15, 0.2) is 0 Å². The van der Waals surface area contributed by atoms with Crippen LogP contribution in [-0.2, 0) is 4.74 Å². The maximum absolute atomic E-state index is 6.38. The molecular weight excluding hydrogens is 424 g/mol. The molecule has 0 spiro atoms. The van der Waals surface area contributed by atoms with Crippen LogP contribution in [0.2, 0.25) is 0 Å². The van der Waals surface area contributed by atoms with E-state index in [2.05, 4.69) is 13.8 Å². The van der Waals surface area contributed by atoms with E-state index in [1.165, 1.54) is 193 Å². The summed E-state index contributed by atoms with van der Waals surface area (Å²) >= 11 is 0. The normalized spacial score (nSPS) is 18.0. The zero-order valence-corrected chi connectivity index (χ0v) is 24.8. The van der Waals surface area contributed by atoms with Crippen molar-refractivity contribution in [2.75, 3.05) is 0 Å². The van der Waals surface area contributed by atoms with Crippen molar-refractivity contribution in [1.82, 2.24) is 0 Å². The van der Waals surface area contributed by atoms with Gasteiger partial charge in [-0.05, 0) is 25.7 Å². The lowest BCUT2D eigenvalue weighted by molar-refractivity contribution is 0.0335. The Morgan fingerprint density at radius 2 is 0.571 bits per heavy atom. The Bertz CT molecular complexity index is 356. The third-order valence-corrected chi connectivity index (χ3v) is 8.45. The van der Waals surface area contributed by atoms with Gasteiger partial charge in [0.1, 0.15) is 0 Å². The molecule has 1 aliphatic heterocycles. The third kappa shape index (κ3) is 22.9. The van der Waals surface area contributed by atoms with Crippen molar-refractivity contribution in [3.63, 3.8) is 0 Å². The highest BCUT2D eigenvalue weighted by Crippen LogP contribution is 2.27. The molecule has 0 unspecified atom stereocenters. The minimum absolute atomic E-state index is 0.592. The first-order valence-corrected chi connectivity index (χ1v) is 17.0. The van der Waals surface area contributed by atoms with E-state index in [9.17, 15) is 0 Å². The summed E-state index contributed by atoms with van der Waals surface area (Å²) in [5, 5.41) is 0. The smallest absolute Gasteiger partial charge is 0.0579 e. The molecule has 1 fully saturated rings. The summed E-state index contributed by atoms with van der Waals surface area (Å²) in [5.74, 6) is 0. The number of rotatable bonds is 28. The summed E-state index contributed by atoms with van der Waals surface area (Å²) in [6.45, 7) is 4.61. The monoisotopic (exact) mass is 493 g/mol. The molecule has 0 radical (unpaired) electrons. The SMILES string of the molecule is CCCCCCCCCCCCCCC[C@@H]1CC[C@H](CCCCCCCCCCCCCCC)O1. The van der Waals surface area contributed by atoms with Crippen molar-refractivity contribution >= 4 is 0 Å². The van der Waals surface area contributed by atoms with Crippen molar-refractivity contribution in [3.05, 3.63) is 0 Å². The van der Waals surface area contributed by atoms with Crippen LogP contribution >= 0.6 is 0 Å². The van der Waals surface area contributed by atoms with Gasteiger partial charge in [0.15, 0.2) is 0 Å². The topological polar surface area (TPSA) is 9.23 Å². The van der Waals surface area contributed by atoms with Crippen molar-refractivity contribution in [1.29, 1.82) is 0 Å². The first-order chi connectivity index (χ1) is 17.4. The summed E-state index contributed by atoms with van der Waals surface area (Å²) in [5.41, 5.74) is 0. The molecule has 1 saturated heterocycles. The molecule has 210 valence electrons. The van der Waals surface area contributed by atoms with Crippen LogP contribution in [0.5, 0.6) is 0 Å². The fourth-order valence-corrected chi connectivity index (χ4v) is 5.98. The van der Waals surface area contributed by atoms with Crippen LogP contribution in [0.4, 0.5) is 0 Å². The fourth-order valence-electron chi connectivity index (χ4n) is 5.98. The largest absolute Gasteiger partial charge is 0.375 e. The van der Waals surface area contributed by atoms with Crippen molar-refractivity contribution < 1.29 is 4.74 Å². The van der Waals surface area contributed by atoms with E-state index in [4.69, 9.17) is 4.74 Å². The highest BCUT2D eigenvalue weighted by Gasteiger charge is 2.24. The minimum atomic E-state index is 0.592. The van der Waals surface area contributed by atoms with Crippen molar-refractivity contribution in [3.8, 4) is 0 Å². The standard InChI is InChI=1S/C34H68O/c1-3-5-7-9-11-13-15-17-19-21-23-25-27-29-33-31-32-34(35-33)30-28-26-24-22-20-18-16-14-12-10-8-6-4-2/h33-34H,3-32H2,1-2H3/t33-,34+. The maximum atomic E-state index is 6.38. The summed E-state index contributed by atoms with van der Waals surface area (Å²) < 4.78 is 6.38. The molecule has 1 heterocycles. The molecule has 0 bridgehead atoms.